The molecule has 3 rings (SSSR count). The summed E-state index contributed by atoms with van der Waals surface area (Å²) < 4.78 is 3.68. The fourth-order valence-corrected chi connectivity index (χ4v) is 2.34. The topological polar surface area (TPSA) is 79.8 Å². The molecule has 1 aliphatic rings. The Labute approximate surface area is 108 Å². The second-order valence-corrected chi connectivity index (χ2v) is 4.79. The number of anilines is 2. The van der Waals surface area contributed by atoms with Crippen LogP contribution in [0.25, 0.3) is 0 Å². The van der Waals surface area contributed by atoms with Gasteiger partial charge in [0.2, 0.25) is 11.0 Å². The van der Waals surface area contributed by atoms with Crippen LogP contribution in [-0.4, -0.2) is 27.3 Å². The third-order valence-corrected chi connectivity index (χ3v) is 3.34. The molecule has 0 atom stereocenters. The van der Waals surface area contributed by atoms with Crippen LogP contribution in [0.4, 0.5) is 10.8 Å². The number of hydrogen-bond donors (Lipinski definition) is 2. The summed E-state index contributed by atoms with van der Waals surface area (Å²) in [6.45, 7) is 0.775. The molecule has 0 radical (unpaired) electrons. The SMILES string of the molecule is O=C1Cc2cc(CCNc3nnns3)ccc2N1. The van der Waals surface area contributed by atoms with Gasteiger partial charge in [-0.2, -0.15) is 0 Å². The third kappa shape index (κ3) is 2.30. The van der Waals surface area contributed by atoms with Crippen molar-refractivity contribution in [2.75, 3.05) is 17.2 Å². The lowest BCUT2D eigenvalue weighted by Gasteiger charge is -2.04. The van der Waals surface area contributed by atoms with Crippen LogP contribution in [0.3, 0.4) is 0 Å². The predicted octanol–water partition coefficient (Wildman–Crippen LogP) is 1.08. The number of hydrogen-bond acceptors (Lipinski definition) is 6. The van der Waals surface area contributed by atoms with Crippen LogP contribution < -0.4 is 10.6 Å². The van der Waals surface area contributed by atoms with Gasteiger partial charge in [0, 0.05) is 23.8 Å². The van der Waals surface area contributed by atoms with Crippen LogP contribution in [0.2, 0.25) is 0 Å². The largest absolute Gasteiger partial charge is 0.359 e. The van der Waals surface area contributed by atoms with E-state index < -0.39 is 0 Å². The molecule has 92 valence electrons. The predicted molar refractivity (Wildman–Crippen MR) is 68.7 cm³/mol. The Kier molecular flexibility index (Phi) is 2.89. The summed E-state index contributed by atoms with van der Waals surface area (Å²) in [7, 11) is 0. The minimum atomic E-state index is 0.0696. The Morgan fingerprint density at radius 2 is 2.39 bits per heavy atom. The zero-order valence-corrected chi connectivity index (χ0v) is 10.3. The number of amides is 1. The molecular formula is C11H11N5OS. The molecule has 2 heterocycles. The number of nitrogens with one attached hydrogen (secondary N) is 2. The molecule has 0 saturated carbocycles. The van der Waals surface area contributed by atoms with Gasteiger partial charge in [-0.25, -0.2) is 0 Å². The number of rotatable bonds is 4. The van der Waals surface area contributed by atoms with Crippen molar-refractivity contribution in [1.29, 1.82) is 0 Å². The highest BCUT2D eigenvalue weighted by atomic mass is 32.1. The zero-order valence-electron chi connectivity index (χ0n) is 9.51. The molecule has 0 saturated heterocycles. The summed E-state index contributed by atoms with van der Waals surface area (Å²) in [6, 6.07) is 6.07. The van der Waals surface area contributed by atoms with E-state index in [1.165, 1.54) is 17.1 Å². The van der Waals surface area contributed by atoms with E-state index in [1.807, 2.05) is 12.1 Å². The molecule has 1 aromatic carbocycles. The second kappa shape index (κ2) is 4.69. The molecule has 18 heavy (non-hydrogen) atoms. The van der Waals surface area contributed by atoms with Crippen molar-refractivity contribution in [3.63, 3.8) is 0 Å². The normalized spacial score (nSPS) is 13.2. The van der Waals surface area contributed by atoms with Gasteiger partial charge < -0.3 is 10.6 Å². The number of nitrogens with zero attached hydrogens (tertiary/aromatic N) is 3. The highest BCUT2D eigenvalue weighted by Gasteiger charge is 2.17. The van der Waals surface area contributed by atoms with Gasteiger partial charge in [0.15, 0.2) is 0 Å². The Bertz CT molecular complexity index is 569. The smallest absolute Gasteiger partial charge is 0.228 e. The minimum absolute atomic E-state index is 0.0696. The summed E-state index contributed by atoms with van der Waals surface area (Å²) >= 11 is 1.24. The Balaban J connectivity index is 1.60. The number of carbonyl (C=O) groups excluding carboxylic acids is 1. The van der Waals surface area contributed by atoms with Crippen molar-refractivity contribution in [3.8, 4) is 0 Å². The van der Waals surface area contributed by atoms with E-state index in [0.717, 1.165) is 29.3 Å². The van der Waals surface area contributed by atoms with Crippen molar-refractivity contribution in [2.45, 2.75) is 12.8 Å². The molecule has 6 nitrogen and oxygen atoms in total. The van der Waals surface area contributed by atoms with Gasteiger partial charge in [-0.1, -0.05) is 21.7 Å². The van der Waals surface area contributed by atoms with Crippen molar-refractivity contribution in [2.24, 2.45) is 0 Å². The summed E-state index contributed by atoms with van der Waals surface area (Å²) in [6.07, 6.45) is 1.36. The van der Waals surface area contributed by atoms with Gasteiger partial charge in [0.1, 0.15) is 0 Å². The monoisotopic (exact) mass is 261 g/mol. The Hall–Kier alpha value is -2.02. The number of aromatic nitrogens is 3. The lowest BCUT2D eigenvalue weighted by atomic mass is 10.1. The van der Waals surface area contributed by atoms with E-state index in [2.05, 4.69) is 31.5 Å². The van der Waals surface area contributed by atoms with Crippen LogP contribution in [0.15, 0.2) is 18.2 Å². The highest BCUT2D eigenvalue weighted by Crippen LogP contribution is 2.23. The summed E-state index contributed by atoms with van der Waals surface area (Å²) in [5.41, 5.74) is 3.22. The van der Waals surface area contributed by atoms with Gasteiger partial charge >= 0.3 is 0 Å². The van der Waals surface area contributed by atoms with Crippen molar-refractivity contribution in [1.82, 2.24) is 14.8 Å². The van der Waals surface area contributed by atoms with E-state index in [0.29, 0.717) is 6.42 Å². The van der Waals surface area contributed by atoms with Crippen molar-refractivity contribution < 1.29 is 4.79 Å². The van der Waals surface area contributed by atoms with Gasteiger partial charge in [0.25, 0.3) is 0 Å². The molecule has 1 aliphatic heterocycles. The molecule has 7 heteroatoms. The molecule has 0 unspecified atom stereocenters. The number of benzene rings is 1. The van der Waals surface area contributed by atoms with Gasteiger partial charge in [-0.05, 0) is 28.8 Å². The second-order valence-electron chi connectivity index (χ2n) is 4.06. The molecule has 2 aromatic rings. The van der Waals surface area contributed by atoms with Crippen LogP contribution in [-0.2, 0) is 17.6 Å². The first kappa shape index (κ1) is 11.1. The average Bonchev–Trinajstić information content (AvgIpc) is 2.96. The summed E-state index contributed by atoms with van der Waals surface area (Å²) in [5, 5.41) is 14.0. The Morgan fingerprint density at radius 1 is 1.44 bits per heavy atom. The fraction of sp³-hybridized carbons (Fsp3) is 0.273. The zero-order chi connectivity index (χ0) is 12.4. The molecule has 0 spiro atoms. The van der Waals surface area contributed by atoms with Gasteiger partial charge in [-0.15, -0.1) is 0 Å². The van der Waals surface area contributed by atoms with E-state index >= 15 is 0 Å². The lowest BCUT2D eigenvalue weighted by molar-refractivity contribution is -0.115. The maximum absolute atomic E-state index is 11.2. The standard InChI is InChI=1S/C11H11N5OS/c17-10-6-8-5-7(1-2-9(8)13-10)3-4-12-11-14-15-16-18-11/h1-2,5H,3-4,6H2,(H,13,17)(H,12,14,16). The first-order valence-corrected chi connectivity index (χ1v) is 6.39. The molecular weight excluding hydrogens is 250 g/mol. The molecule has 0 aliphatic carbocycles. The van der Waals surface area contributed by atoms with E-state index in [-0.39, 0.29) is 5.91 Å². The average molecular weight is 261 g/mol. The maximum atomic E-state index is 11.2. The van der Waals surface area contributed by atoms with Gasteiger partial charge in [-0.3, -0.25) is 4.79 Å². The highest BCUT2D eigenvalue weighted by molar-refractivity contribution is 7.09. The number of fused-ring (bicyclic) bond motifs is 1. The van der Waals surface area contributed by atoms with E-state index in [1.54, 1.807) is 0 Å². The first-order chi connectivity index (χ1) is 8.81. The summed E-state index contributed by atoms with van der Waals surface area (Å²) in [5.74, 6) is 0.0696. The molecule has 1 amide bonds. The van der Waals surface area contributed by atoms with Crippen LogP contribution in [0, 0.1) is 0 Å². The Morgan fingerprint density at radius 3 is 3.22 bits per heavy atom. The molecule has 1 aromatic heterocycles. The van der Waals surface area contributed by atoms with Crippen LogP contribution in [0.1, 0.15) is 11.1 Å². The fourth-order valence-electron chi connectivity index (χ4n) is 1.95. The van der Waals surface area contributed by atoms with Crippen LogP contribution in [0.5, 0.6) is 0 Å². The summed E-state index contributed by atoms with van der Waals surface area (Å²) in [4.78, 5) is 11.2. The van der Waals surface area contributed by atoms with Gasteiger partial charge in [0.05, 0.1) is 6.42 Å². The van der Waals surface area contributed by atoms with Crippen molar-refractivity contribution >= 4 is 28.3 Å². The molecule has 0 bridgehead atoms. The molecule has 0 fully saturated rings. The first-order valence-electron chi connectivity index (χ1n) is 5.62. The molecule has 2 N–H and O–H groups in total. The third-order valence-electron chi connectivity index (χ3n) is 2.78. The minimum Gasteiger partial charge on any atom is -0.359 e. The van der Waals surface area contributed by atoms with Crippen LogP contribution >= 0.6 is 11.5 Å². The number of carbonyl (C=O) groups is 1. The quantitative estimate of drug-likeness (QED) is 0.861. The maximum Gasteiger partial charge on any atom is 0.228 e. The van der Waals surface area contributed by atoms with E-state index in [9.17, 15) is 4.79 Å². The lowest BCUT2D eigenvalue weighted by Crippen LogP contribution is -2.04. The van der Waals surface area contributed by atoms with Crippen molar-refractivity contribution in [3.05, 3.63) is 29.3 Å². The van der Waals surface area contributed by atoms with E-state index in [4.69, 9.17) is 0 Å².